The van der Waals surface area contributed by atoms with Crippen molar-refractivity contribution in [1.29, 1.82) is 0 Å². The van der Waals surface area contributed by atoms with Gasteiger partial charge in [-0.2, -0.15) is 0 Å². The van der Waals surface area contributed by atoms with Crippen molar-refractivity contribution in [3.05, 3.63) is 34.1 Å². The minimum absolute atomic E-state index is 0.124. The normalized spacial score (nSPS) is 17.3. The fourth-order valence-electron chi connectivity index (χ4n) is 2.51. The molecule has 1 aromatic rings. The molecule has 0 aliphatic carbocycles. The van der Waals surface area contributed by atoms with Crippen molar-refractivity contribution >= 4 is 15.9 Å². The van der Waals surface area contributed by atoms with Crippen LogP contribution in [0.3, 0.4) is 0 Å². The van der Waals surface area contributed by atoms with Gasteiger partial charge in [0.15, 0.2) is 0 Å². The Bertz CT molecular complexity index is 391. The lowest BCUT2D eigenvalue weighted by molar-refractivity contribution is 0.232. The molecule has 0 spiro atoms. The summed E-state index contributed by atoms with van der Waals surface area (Å²) < 4.78 is 14.5. The van der Waals surface area contributed by atoms with Crippen molar-refractivity contribution in [2.75, 3.05) is 26.7 Å². The van der Waals surface area contributed by atoms with E-state index in [1.54, 1.807) is 0 Å². The lowest BCUT2D eigenvalue weighted by atomic mass is 9.97. The number of rotatable bonds is 4. The van der Waals surface area contributed by atoms with E-state index in [-0.39, 0.29) is 5.82 Å². The van der Waals surface area contributed by atoms with E-state index in [2.05, 4.69) is 33.2 Å². The van der Waals surface area contributed by atoms with Crippen molar-refractivity contribution in [3.63, 3.8) is 0 Å². The highest BCUT2D eigenvalue weighted by atomic mass is 79.9. The van der Waals surface area contributed by atoms with Crippen LogP contribution in [0.4, 0.5) is 4.39 Å². The van der Waals surface area contributed by atoms with Gasteiger partial charge in [0.1, 0.15) is 5.82 Å². The van der Waals surface area contributed by atoms with Gasteiger partial charge in [-0.05, 0) is 51.0 Å². The summed E-state index contributed by atoms with van der Waals surface area (Å²) in [4.78, 5) is 2.22. The Kier molecular flexibility index (Phi) is 5.15. The minimum atomic E-state index is -0.124. The van der Waals surface area contributed by atoms with E-state index < -0.39 is 0 Å². The van der Waals surface area contributed by atoms with Crippen molar-refractivity contribution in [1.82, 2.24) is 10.2 Å². The molecule has 0 saturated carbocycles. The maximum atomic E-state index is 13.7. The highest BCUT2D eigenvalue weighted by Crippen LogP contribution is 2.18. The van der Waals surface area contributed by atoms with Crippen LogP contribution in [0.2, 0.25) is 0 Å². The SMILES string of the molecule is CN(Cc1ccc(Br)cc1F)CC1CCNCC1. The zero-order valence-corrected chi connectivity index (χ0v) is 12.3. The van der Waals surface area contributed by atoms with Gasteiger partial charge in [0.05, 0.1) is 0 Å². The topological polar surface area (TPSA) is 15.3 Å². The van der Waals surface area contributed by atoms with E-state index >= 15 is 0 Å². The summed E-state index contributed by atoms with van der Waals surface area (Å²) in [6, 6.07) is 5.29. The van der Waals surface area contributed by atoms with Crippen LogP contribution in [0.15, 0.2) is 22.7 Å². The Morgan fingerprint density at radius 1 is 1.39 bits per heavy atom. The molecule has 100 valence electrons. The molecule has 1 fully saturated rings. The van der Waals surface area contributed by atoms with Crippen LogP contribution in [-0.2, 0) is 6.54 Å². The molecule has 0 amide bonds. The predicted octanol–water partition coefficient (Wildman–Crippen LogP) is 3.02. The Hall–Kier alpha value is -0.450. The standard InChI is InChI=1S/C14H20BrFN2/c1-18(9-11-4-6-17-7-5-11)10-12-2-3-13(15)8-14(12)16/h2-3,8,11,17H,4-7,9-10H2,1H3. The van der Waals surface area contributed by atoms with Crippen LogP contribution in [0.5, 0.6) is 0 Å². The molecule has 18 heavy (non-hydrogen) atoms. The zero-order valence-electron chi connectivity index (χ0n) is 10.8. The third kappa shape index (κ3) is 4.04. The lowest BCUT2D eigenvalue weighted by Crippen LogP contribution is -2.34. The fraction of sp³-hybridized carbons (Fsp3) is 0.571. The van der Waals surface area contributed by atoms with E-state index in [4.69, 9.17) is 0 Å². The maximum absolute atomic E-state index is 13.7. The summed E-state index contributed by atoms with van der Waals surface area (Å²) in [6.07, 6.45) is 2.46. The number of halogens is 2. The first-order valence-electron chi connectivity index (χ1n) is 6.48. The lowest BCUT2D eigenvalue weighted by Gasteiger charge is -2.27. The minimum Gasteiger partial charge on any atom is -0.317 e. The fourth-order valence-corrected chi connectivity index (χ4v) is 2.84. The molecule has 0 unspecified atom stereocenters. The van der Waals surface area contributed by atoms with Gasteiger partial charge in [0, 0.05) is 23.1 Å². The molecular formula is C14H20BrFN2. The number of nitrogens with zero attached hydrogens (tertiary/aromatic N) is 1. The molecule has 2 nitrogen and oxygen atoms in total. The molecule has 1 aliphatic rings. The van der Waals surface area contributed by atoms with Crippen LogP contribution in [0.25, 0.3) is 0 Å². The largest absolute Gasteiger partial charge is 0.317 e. The first-order chi connectivity index (χ1) is 8.65. The van der Waals surface area contributed by atoms with Gasteiger partial charge >= 0.3 is 0 Å². The summed E-state index contributed by atoms with van der Waals surface area (Å²) in [5.74, 6) is 0.622. The Labute approximate surface area is 117 Å². The van der Waals surface area contributed by atoms with Gasteiger partial charge in [0.2, 0.25) is 0 Å². The molecule has 0 bridgehead atoms. The van der Waals surface area contributed by atoms with E-state index in [1.807, 2.05) is 12.1 Å². The molecule has 1 heterocycles. The van der Waals surface area contributed by atoms with Gasteiger partial charge < -0.3 is 10.2 Å². The number of nitrogens with one attached hydrogen (secondary N) is 1. The second kappa shape index (κ2) is 6.64. The van der Waals surface area contributed by atoms with Crippen LogP contribution in [0.1, 0.15) is 18.4 Å². The monoisotopic (exact) mass is 314 g/mol. The third-order valence-electron chi connectivity index (χ3n) is 3.48. The van der Waals surface area contributed by atoms with Crippen LogP contribution >= 0.6 is 15.9 Å². The number of hydrogen-bond acceptors (Lipinski definition) is 2. The first kappa shape index (κ1) is 14.0. The highest BCUT2D eigenvalue weighted by Gasteiger charge is 2.15. The molecule has 1 saturated heterocycles. The predicted molar refractivity (Wildman–Crippen MR) is 76.0 cm³/mol. The van der Waals surface area contributed by atoms with Crippen LogP contribution in [-0.4, -0.2) is 31.6 Å². The summed E-state index contributed by atoms with van der Waals surface area (Å²) in [5, 5.41) is 3.37. The van der Waals surface area contributed by atoms with Gasteiger partial charge in [0.25, 0.3) is 0 Å². The van der Waals surface area contributed by atoms with Crippen LogP contribution in [0, 0.1) is 11.7 Å². The van der Waals surface area contributed by atoms with Crippen LogP contribution < -0.4 is 5.32 Å². The quantitative estimate of drug-likeness (QED) is 0.919. The molecular weight excluding hydrogens is 295 g/mol. The maximum Gasteiger partial charge on any atom is 0.128 e. The van der Waals surface area contributed by atoms with Gasteiger partial charge in [-0.3, -0.25) is 0 Å². The Balaban J connectivity index is 1.87. The van der Waals surface area contributed by atoms with E-state index in [9.17, 15) is 4.39 Å². The average molecular weight is 315 g/mol. The second-order valence-electron chi connectivity index (χ2n) is 5.13. The number of piperidine rings is 1. The molecule has 1 aromatic carbocycles. The second-order valence-corrected chi connectivity index (χ2v) is 6.04. The third-order valence-corrected chi connectivity index (χ3v) is 3.98. The molecule has 0 radical (unpaired) electrons. The number of benzene rings is 1. The van der Waals surface area contributed by atoms with E-state index in [0.717, 1.165) is 35.6 Å². The highest BCUT2D eigenvalue weighted by molar-refractivity contribution is 9.10. The molecule has 4 heteroatoms. The molecule has 0 atom stereocenters. The zero-order chi connectivity index (χ0) is 13.0. The molecule has 0 aromatic heterocycles. The smallest absolute Gasteiger partial charge is 0.128 e. The van der Waals surface area contributed by atoms with Gasteiger partial charge in [-0.1, -0.05) is 22.0 Å². The van der Waals surface area contributed by atoms with E-state index in [0.29, 0.717) is 6.54 Å². The summed E-state index contributed by atoms with van der Waals surface area (Å²) in [7, 11) is 2.07. The summed E-state index contributed by atoms with van der Waals surface area (Å²) in [5.41, 5.74) is 0.773. The molecule has 2 rings (SSSR count). The van der Waals surface area contributed by atoms with Crippen molar-refractivity contribution in [2.24, 2.45) is 5.92 Å². The summed E-state index contributed by atoms with van der Waals surface area (Å²) >= 11 is 3.28. The van der Waals surface area contributed by atoms with Crippen molar-refractivity contribution < 1.29 is 4.39 Å². The molecule has 1 aliphatic heterocycles. The van der Waals surface area contributed by atoms with Crippen molar-refractivity contribution in [2.45, 2.75) is 19.4 Å². The van der Waals surface area contributed by atoms with E-state index in [1.165, 1.54) is 18.9 Å². The first-order valence-corrected chi connectivity index (χ1v) is 7.27. The Morgan fingerprint density at radius 3 is 2.78 bits per heavy atom. The number of hydrogen-bond donors (Lipinski definition) is 1. The van der Waals surface area contributed by atoms with Crippen molar-refractivity contribution in [3.8, 4) is 0 Å². The Morgan fingerprint density at radius 2 is 2.11 bits per heavy atom. The molecule has 1 N–H and O–H groups in total. The van der Waals surface area contributed by atoms with Gasteiger partial charge in [-0.25, -0.2) is 4.39 Å². The summed E-state index contributed by atoms with van der Waals surface area (Å²) in [6.45, 7) is 3.97. The average Bonchev–Trinajstić information content (AvgIpc) is 2.34. The van der Waals surface area contributed by atoms with Gasteiger partial charge in [-0.15, -0.1) is 0 Å².